The number of benzene rings is 2. The van der Waals surface area contributed by atoms with Gasteiger partial charge in [-0.15, -0.1) is 21.2 Å². The quantitative estimate of drug-likeness (QED) is 0.130. The average Bonchev–Trinajstić information content (AvgIpc) is 2.78. The van der Waals surface area contributed by atoms with Crippen LogP contribution in [-0.2, 0) is 32.0 Å². The molecule has 0 aromatic heterocycles. The summed E-state index contributed by atoms with van der Waals surface area (Å²) < 4.78 is 74.6. The first-order chi connectivity index (χ1) is 16.7. The normalized spacial score (nSPS) is 15.6. The van der Waals surface area contributed by atoms with Crippen molar-refractivity contribution >= 4 is 20.0 Å². The highest BCUT2D eigenvalue weighted by Crippen LogP contribution is 2.39. The van der Waals surface area contributed by atoms with E-state index in [9.17, 15) is 22.1 Å². The second kappa shape index (κ2) is 13.1. The molecule has 0 saturated carbocycles. The van der Waals surface area contributed by atoms with Crippen molar-refractivity contribution in [3.05, 3.63) is 65.0 Å². The minimum atomic E-state index is -4.45. The number of rotatable bonds is 14. The molecule has 35 heavy (non-hydrogen) atoms. The van der Waals surface area contributed by atoms with Gasteiger partial charge in [-0.1, -0.05) is 24.6 Å². The Bertz CT molecular complexity index is 971. The van der Waals surface area contributed by atoms with E-state index in [0.29, 0.717) is 37.5 Å². The Morgan fingerprint density at radius 3 is 2.49 bits per heavy atom. The van der Waals surface area contributed by atoms with Gasteiger partial charge in [-0.3, -0.25) is 0 Å². The number of unbranched alkanes of at least 4 members (excludes halogenated alkanes) is 1. The van der Waals surface area contributed by atoms with Crippen LogP contribution in [0.2, 0.25) is 0 Å². The van der Waals surface area contributed by atoms with E-state index in [2.05, 4.69) is 9.84 Å². The zero-order valence-corrected chi connectivity index (χ0v) is 20.9. The molecular formula is C24H29F4NO4PS+. The van der Waals surface area contributed by atoms with Crippen LogP contribution in [0.25, 0.3) is 0 Å². The number of thioether (sulfide) groups is 1. The van der Waals surface area contributed by atoms with E-state index in [1.165, 1.54) is 36.0 Å². The first-order valence-corrected chi connectivity index (χ1v) is 13.5. The monoisotopic (exact) mass is 534 g/mol. The molecule has 1 unspecified atom stereocenters. The third kappa shape index (κ3) is 8.51. The van der Waals surface area contributed by atoms with E-state index < -0.39 is 20.0 Å². The number of hydrogen-bond acceptors (Lipinski definition) is 5. The van der Waals surface area contributed by atoms with Gasteiger partial charge in [0.1, 0.15) is 12.4 Å². The molecule has 1 aliphatic heterocycles. The molecule has 5 nitrogen and oxygen atoms in total. The molecule has 1 saturated heterocycles. The third-order valence-corrected chi connectivity index (χ3v) is 7.46. The fraction of sp³-hybridized carbons (Fsp3) is 0.500. The van der Waals surface area contributed by atoms with Crippen molar-refractivity contribution in [3.63, 3.8) is 0 Å². The summed E-state index contributed by atoms with van der Waals surface area (Å²) in [5, 5.41) is 3.01. The predicted octanol–water partition coefficient (Wildman–Crippen LogP) is 6.22. The largest absolute Gasteiger partial charge is 0.694 e. The van der Waals surface area contributed by atoms with Crippen LogP contribution in [0.3, 0.4) is 0 Å². The summed E-state index contributed by atoms with van der Waals surface area (Å²) in [6.45, 7) is 1.96. The predicted molar refractivity (Wildman–Crippen MR) is 127 cm³/mol. The Morgan fingerprint density at radius 1 is 1.11 bits per heavy atom. The van der Waals surface area contributed by atoms with E-state index in [4.69, 9.17) is 9.63 Å². The van der Waals surface area contributed by atoms with Gasteiger partial charge in [0.25, 0.3) is 0 Å². The van der Waals surface area contributed by atoms with Crippen molar-refractivity contribution in [2.45, 2.75) is 48.7 Å². The summed E-state index contributed by atoms with van der Waals surface area (Å²) in [5.74, 6) is 0.281. The van der Waals surface area contributed by atoms with E-state index >= 15 is 0 Å². The van der Waals surface area contributed by atoms with Gasteiger partial charge < -0.3 is 10.1 Å². The van der Waals surface area contributed by atoms with E-state index in [1.54, 1.807) is 18.2 Å². The summed E-state index contributed by atoms with van der Waals surface area (Å²) in [4.78, 5) is 8.77. The highest BCUT2D eigenvalue weighted by Gasteiger charge is 2.39. The number of halogens is 4. The molecule has 2 aromatic carbocycles. The number of hydrogen-bond donors (Lipinski definition) is 2. The average molecular weight is 535 g/mol. The van der Waals surface area contributed by atoms with Crippen LogP contribution < -0.4 is 5.32 Å². The first kappa shape index (κ1) is 28.0. The van der Waals surface area contributed by atoms with Gasteiger partial charge in [0, 0.05) is 21.4 Å². The van der Waals surface area contributed by atoms with Gasteiger partial charge in [0.05, 0.1) is 18.8 Å². The fourth-order valence-electron chi connectivity index (χ4n) is 3.96. The SMILES string of the molecule is O=[P+](O)OCCCNCc1ccc(SCCCCC2(c3ccc(F)cc3)COC2)c(C(F)(F)F)c1. The molecule has 0 radical (unpaired) electrons. The van der Waals surface area contributed by atoms with Crippen LogP contribution in [0.15, 0.2) is 47.4 Å². The van der Waals surface area contributed by atoms with Crippen LogP contribution in [0.5, 0.6) is 0 Å². The minimum absolute atomic E-state index is 0.0973. The molecule has 0 spiro atoms. The summed E-state index contributed by atoms with van der Waals surface area (Å²) in [6.07, 6.45) is -1.54. The highest BCUT2D eigenvalue weighted by molar-refractivity contribution is 7.99. The molecule has 2 aromatic rings. The van der Waals surface area contributed by atoms with Crippen molar-refractivity contribution in [2.24, 2.45) is 0 Å². The molecule has 0 aliphatic carbocycles. The van der Waals surface area contributed by atoms with Crippen molar-refractivity contribution < 1.29 is 36.3 Å². The number of ether oxygens (including phenoxy) is 1. The number of alkyl halides is 3. The van der Waals surface area contributed by atoms with Crippen LogP contribution in [0.4, 0.5) is 17.6 Å². The standard InChI is InChI=1S/C24H28F4NO4PS/c25-20-7-5-19(6-8-20)23(16-32-17-23)10-1-2-13-35-22-9-4-18(14-21(22)24(26,27)28)15-29-11-3-12-33-34(30)31/h4-9,14,29H,1-3,10-13,15-17H2/p+1. The molecule has 1 atom stereocenters. The minimum Gasteiger partial charge on any atom is -0.379 e. The molecule has 3 rings (SSSR count). The highest BCUT2D eigenvalue weighted by atomic mass is 32.2. The van der Waals surface area contributed by atoms with Gasteiger partial charge in [-0.25, -0.2) is 4.39 Å². The molecule has 0 amide bonds. The maximum Gasteiger partial charge on any atom is 0.694 e. The Hall–Kier alpha value is -1.55. The zero-order chi connectivity index (χ0) is 25.3. The summed E-state index contributed by atoms with van der Waals surface area (Å²) in [6, 6.07) is 10.8. The molecule has 192 valence electrons. The lowest BCUT2D eigenvalue weighted by atomic mass is 9.75. The van der Waals surface area contributed by atoms with E-state index in [-0.39, 0.29) is 29.3 Å². The molecule has 2 N–H and O–H groups in total. The molecule has 11 heteroatoms. The van der Waals surface area contributed by atoms with Crippen LogP contribution in [0, 0.1) is 5.82 Å². The summed E-state index contributed by atoms with van der Waals surface area (Å²) in [7, 11) is -2.63. The van der Waals surface area contributed by atoms with Crippen molar-refractivity contribution in [1.82, 2.24) is 5.32 Å². The Kier molecular flexibility index (Phi) is 10.5. The number of nitrogens with one attached hydrogen (secondary N) is 1. The van der Waals surface area contributed by atoms with Gasteiger partial charge in [-0.05, 0) is 67.0 Å². The lowest BCUT2D eigenvalue weighted by Gasteiger charge is -2.42. The van der Waals surface area contributed by atoms with E-state index in [1.807, 2.05) is 0 Å². The van der Waals surface area contributed by atoms with Crippen molar-refractivity contribution in [2.75, 3.05) is 32.1 Å². The summed E-state index contributed by atoms with van der Waals surface area (Å²) >= 11 is 1.20. The smallest absolute Gasteiger partial charge is 0.379 e. The van der Waals surface area contributed by atoms with Crippen LogP contribution in [0.1, 0.15) is 42.4 Å². The molecule has 1 fully saturated rings. The van der Waals surface area contributed by atoms with Gasteiger partial charge >= 0.3 is 14.4 Å². The van der Waals surface area contributed by atoms with E-state index in [0.717, 1.165) is 24.8 Å². The summed E-state index contributed by atoms with van der Waals surface area (Å²) in [5.41, 5.74) is 0.781. The maximum absolute atomic E-state index is 13.7. The molecular weight excluding hydrogens is 505 g/mol. The van der Waals surface area contributed by atoms with Crippen LogP contribution in [-0.4, -0.2) is 37.0 Å². The van der Waals surface area contributed by atoms with Crippen molar-refractivity contribution in [3.8, 4) is 0 Å². The molecule has 1 aliphatic rings. The lowest BCUT2D eigenvalue weighted by Crippen LogP contribution is -2.46. The maximum atomic E-state index is 13.7. The fourth-order valence-corrected chi connectivity index (χ4v) is 5.31. The van der Waals surface area contributed by atoms with Crippen molar-refractivity contribution in [1.29, 1.82) is 0 Å². The van der Waals surface area contributed by atoms with Crippen LogP contribution >= 0.6 is 20.0 Å². The molecule has 0 bridgehead atoms. The first-order valence-electron chi connectivity index (χ1n) is 11.4. The third-order valence-electron chi connectivity index (χ3n) is 5.90. The van der Waals surface area contributed by atoms with Gasteiger partial charge in [0.15, 0.2) is 0 Å². The second-order valence-corrected chi connectivity index (χ2v) is 10.4. The lowest BCUT2D eigenvalue weighted by molar-refractivity contribution is -0.139. The Balaban J connectivity index is 1.47. The van der Waals surface area contributed by atoms with Gasteiger partial charge in [0.2, 0.25) is 0 Å². The Morgan fingerprint density at radius 2 is 1.86 bits per heavy atom. The zero-order valence-electron chi connectivity index (χ0n) is 19.2. The topological polar surface area (TPSA) is 67.8 Å². The van der Waals surface area contributed by atoms with Gasteiger partial charge in [-0.2, -0.15) is 13.2 Å². The Labute approximate surface area is 207 Å². The molecule has 1 heterocycles. The second-order valence-electron chi connectivity index (χ2n) is 8.52.